The smallest absolute Gasteiger partial charge is 0.336 e. The number of benzene rings is 2. The molecule has 5 nitrogen and oxygen atoms in total. The van der Waals surface area contributed by atoms with Gasteiger partial charge in [-0.15, -0.1) is 0 Å². The molecule has 2 rings (SSSR count). The largest absolute Gasteiger partial charge is 0.497 e. The second kappa shape index (κ2) is 7.35. The molecule has 0 aliphatic carbocycles. The van der Waals surface area contributed by atoms with Crippen molar-refractivity contribution >= 4 is 17.6 Å². The van der Waals surface area contributed by atoms with E-state index in [2.05, 4.69) is 0 Å². The van der Waals surface area contributed by atoms with Gasteiger partial charge < -0.3 is 19.3 Å². The zero-order valence-electron chi connectivity index (χ0n) is 13.2. The van der Waals surface area contributed by atoms with Gasteiger partial charge in [-0.3, -0.25) is 0 Å². The normalized spacial score (nSPS) is 11.0. The van der Waals surface area contributed by atoms with Crippen LogP contribution in [0.4, 0.5) is 0 Å². The number of aliphatic carboxylic acids is 1. The first-order valence-electron chi connectivity index (χ1n) is 6.90. The molecule has 0 saturated carbocycles. The lowest BCUT2D eigenvalue weighted by Gasteiger charge is -2.09. The Hall–Kier alpha value is -2.95. The summed E-state index contributed by atoms with van der Waals surface area (Å²) in [6, 6.07) is 12.1. The quantitative estimate of drug-likeness (QED) is 0.654. The summed E-state index contributed by atoms with van der Waals surface area (Å²) in [5.74, 6) is 0.703. The average molecular weight is 314 g/mol. The zero-order valence-corrected chi connectivity index (χ0v) is 13.2. The molecule has 2 aromatic rings. The van der Waals surface area contributed by atoms with Crippen LogP contribution in [-0.2, 0) is 4.79 Å². The predicted octanol–water partition coefficient (Wildman–Crippen LogP) is 3.34. The first-order chi connectivity index (χ1) is 11.1. The molecular formula is C18H18O5. The van der Waals surface area contributed by atoms with Gasteiger partial charge in [0.05, 0.1) is 26.9 Å². The Kier molecular flexibility index (Phi) is 5.25. The van der Waals surface area contributed by atoms with Crippen molar-refractivity contribution in [3.8, 4) is 17.2 Å². The zero-order chi connectivity index (χ0) is 16.8. The molecule has 0 heterocycles. The van der Waals surface area contributed by atoms with E-state index in [1.54, 1.807) is 55.7 Å². The molecule has 5 heteroatoms. The lowest BCUT2D eigenvalue weighted by Crippen LogP contribution is -2.00. The van der Waals surface area contributed by atoms with Crippen LogP contribution in [0.15, 0.2) is 42.5 Å². The average Bonchev–Trinajstić information content (AvgIpc) is 2.59. The fraction of sp³-hybridized carbons (Fsp3) is 0.167. The molecule has 0 fully saturated rings. The minimum atomic E-state index is -1.02. The molecule has 0 aromatic heterocycles. The topological polar surface area (TPSA) is 65.0 Å². The minimum Gasteiger partial charge on any atom is -0.497 e. The third kappa shape index (κ3) is 3.83. The fourth-order valence-corrected chi connectivity index (χ4v) is 2.17. The van der Waals surface area contributed by atoms with Crippen molar-refractivity contribution in [3.63, 3.8) is 0 Å². The molecule has 1 N–H and O–H groups in total. The summed E-state index contributed by atoms with van der Waals surface area (Å²) >= 11 is 0. The molecule has 0 bridgehead atoms. The summed E-state index contributed by atoms with van der Waals surface area (Å²) in [7, 11) is 4.62. The van der Waals surface area contributed by atoms with Gasteiger partial charge in [-0.1, -0.05) is 18.2 Å². The molecule has 0 atom stereocenters. The molecular weight excluding hydrogens is 296 g/mol. The van der Waals surface area contributed by atoms with Crippen LogP contribution in [0.3, 0.4) is 0 Å². The van der Waals surface area contributed by atoms with Gasteiger partial charge in [-0.05, 0) is 41.5 Å². The predicted molar refractivity (Wildman–Crippen MR) is 88.0 cm³/mol. The van der Waals surface area contributed by atoms with Gasteiger partial charge in [-0.25, -0.2) is 4.79 Å². The molecule has 0 radical (unpaired) electrons. The van der Waals surface area contributed by atoms with E-state index in [1.165, 1.54) is 14.2 Å². The van der Waals surface area contributed by atoms with Gasteiger partial charge >= 0.3 is 5.97 Å². The molecule has 0 saturated heterocycles. The third-order valence-corrected chi connectivity index (χ3v) is 3.33. The lowest BCUT2D eigenvalue weighted by atomic mass is 10.0. The van der Waals surface area contributed by atoms with E-state index in [-0.39, 0.29) is 5.57 Å². The van der Waals surface area contributed by atoms with Crippen molar-refractivity contribution in [1.29, 1.82) is 0 Å². The van der Waals surface area contributed by atoms with E-state index < -0.39 is 5.97 Å². The summed E-state index contributed by atoms with van der Waals surface area (Å²) in [4.78, 5) is 11.6. The van der Waals surface area contributed by atoms with Gasteiger partial charge in [0.25, 0.3) is 0 Å². The van der Waals surface area contributed by atoms with Crippen LogP contribution in [-0.4, -0.2) is 32.4 Å². The van der Waals surface area contributed by atoms with Gasteiger partial charge in [0.2, 0.25) is 0 Å². The summed E-state index contributed by atoms with van der Waals surface area (Å²) < 4.78 is 15.6. The maximum absolute atomic E-state index is 11.6. The van der Waals surface area contributed by atoms with Crippen LogP contribution in [0.2, 0.25) is 0 Å². The standard InChI is InChI=1S/C18H18O5/c1-21-14-6-4-5-13(11-14)15(18(19)20)9-12-7-8-16(22-2)17(10-12)23-3/h4-11H,1-3H3,(H,19,20)/b15-9-. The van der Waals surface area contributed by atoms with Crippen molar-refractivity contribution in [2.45, 2.75) is 0 Å². The number of carboxylic acids is 1. The molecule has 0 aliphatic rings. The Balaban J connectivity index is 2.48. The number of hydrogen-bond acceptors (Lipinski definition) is 4. The van der Waals surface area contributed by atoms with Crippen LogP contribution in [0.25, 0.3) is 11.6 Å². The van der Waals surface area contributed by atoms with Gasteiger partial charge in [-0.2, -0.15) is 0 Å². The maximum atomic E-state index is 11.6. The van der Waals surface area contributed by atoms with Crippen molar-refractivity contribution < 1.29 is 24.1 Å². The minimum absolute atomic E-state index is 0.163. The molecule has 120 valence electrons. The molecule has 23 heavy (non-hydrogen) atoms. The van der Waals surface area contributed by atoms with Gasteiger partial charge in [0.15, 0.2) is 11.5 Å². The van der Waals surface area contributed by atoms with Crippen molar-refractivity contribution in [2.24, 2.45) is 0 Å². The summed E-state index contributed by atoms with van der Waals surface area (Å²) in [6.07, 6.45) is 1.58. The molecule has 0 spiro atoms. The van der Waals surface area contributed by atoms with E-state index in [0.29, 0.717) is 28.4 Å². The second-order valence-electron chi connectivity index (χ2n) is 4.71. The highest BCUT2D eigenvalue weighted by molar-refractivity contribution is 6.20. The first kappa shape index (κ1) is 16.4. The second-order valence-corrected chi connectivity index (χ2v) is 4.71. The maximum Gasteiger partial charge on any atom is 0.336 e. The fourth-order valence-electron chi connectivity index (χ4n) is 2.17. The highest BCUT2D eigenvalue weighted by Gasteiger charge is 2.12. The summed E-state index contributed by atoms with van der Waals surface area (Å²) in [5, 5.41) is 9.51. The number of carbonyl (C=O) groups is 1. The van der Waals surface area contributed by atoms with E-state index in [9.17, 15) is 9.90 Å². The summed E-state index contributed by atoms with van der Waals surface area (Å²) in [5.41, 5.74) is 1.42. The highest BCUT2D eigenvalue weighted by atomic mass is 16.5. The SMILES string of the molecule is COc1cccc(/C(=C/c2ccc(OC)c(OC)c2)C(=O)O)c1. The Morgan fingerprint density at radius 1 is 0.957 bits per heavy atom. The van der Waals surface area contributed by atoms with Crippen molar-refractivity contribution in [2.75, 3.05) is 21.3 Å². The van der Waals surface area contributed by atoms with E-state index in [0.717, 1.165) is 0 Å². The van der Waals surface area contributed by atoms with E-state index >= 15 is 0 Å². The number of hydrogen-bond donors (Lipinski definition) is 1. The van der Waals surface area contributed by atoms with Crippen LogP contribution in [0.5, 0.6) is 17.2 Å². The van der Waals surface area contributed by atoms with Crippen LogP contribution in [0.1, 0.15) is 11.1 Å². The lowest BCUT2D eigenvalue weighted by molar-refractivity contribution is -0.130. The van der Waals surface area contributed by atoms with Crippen LogP contribution < -0.4 is 14.2 Å². The van der Waals surface area contributed by atoms with Crippen LogP contribution in [0, 0.1) is 0 Å². The van der Waals surface area contributed by atoms with Gasteiger partial charge in [0.1, 0.15) is 5.75 Å². The van der Waals surface area contributed by atoms with Crippen LogP contribution >= 0.6 is 0 Å². The number of carboxylic acid groups (broad SMARTS) is 1. The Morgan fingerprint density at radius 2 is 1.70 bits per heavy atom. The third-order valence-electron chi connectivity index (χ3n) is 3.33. The Bertz CT molecular complexity index is 734. The molecule has 2 aromatic carbocycles. The molecule has 0 unspecified atom stereocenters. The van der Waals surface area contributed by atoms with Gasteiger partial charge in [0, 0.05) is 0 Å². The Morgan fingerprint density at radius 3 is 2.30 bits per heavy atom. The highest BCUT2D eigenvalue weighted by Crippen LogP contribution is 2.30. The number of rotatable bonds is 6. The number of ether oxygens (including phenoxy) is 3. The van der Waals surface area contributed by atoms with E-state index in [4.69, 9.17) is 14.2 Å². The van der Waals surface area contributed by atoms with Crippen molar-refractivity contribution in [1.82, 2.24) is 0 Å². The van der Waals surface area contributed by atoms with E-state index in [1.807, 2.05) is 0 Å². The van der Waals surface area contributed by atoms with Crippen molar-refractivity contribution in [3.05, 3.63) is 53.6 Å². The molecule has 0 amide bonds. The monoisotopic (exact) mass is 314 g/mol. The number of methoxy groups -OCH3 is 3. The summed E-state index contributed by atoms with van der Waals surface area (Å²) in [6.45, 7) is 0. The Labute approximate surface area is 134 Å². The first-order valence-corrected chi connectivity index (χ1v) is 6.90. The molecule has 0 aliphatic heterocycles.